The standard InChI is InChI=1S/C22H26FN5O/c1-15-5-8-17(9-6-15)21-27-18(14-29-21)13-26-22(24-2)25-12-16-7-10-20(28(3)4)19(23)11-16/h5-11,14H,12-13H2,1-4H3,(H2,24,25,26). The molecule has 2 aromatic carbocycles. The number of aliphatic imine (C=N–C) groups is 1. The summed E-state index contributed by atoms with van der Waals surface area (Å²) in [5.74, 6) is 0.937. The molecule has 0 atom stereocenters. The maximum Gasteiger partial charge on any atom is 0.226 e. The van der Waals surface area contributed by atoms with Crippen molar-refractivity contribution in [2.45, 2.75) is 20.0 Å². The molecular formula is C22H26FN5O. The lowest BCUT2D eigenvalue weighted by Crippen LogP contribution is -2.36. The molecule has 0 saturated carbocycles. The molecule has 0 aliphatic heterocycles. The van der Waals surface area contributed by atoms with Crippen molar-refractivity contribution in [3.63, 3.8) is 0 Å². The number of nitrogens with one attached hydrogen (secondary N) is 2. The second-order valence-corrected chi connectivity index (χ2v) is 6.97. The van der Waals surface area contributed by atoms with E-state index in [-0.39, 0.29) is 5.82 Å². The number of oxazole rings is 1. The van der Waals surface area contributed by atoms with Gasteiger partial charge in [-0.05, 0) is 36.8 Å². The number of nitrogens with zero attached hydrogens (tertiary/aromatic N) is 3. The highest BCUT2D eigenvalue weighted by molar-refractivity contribution is 5.79. The van der Waals surface area contributed by atoms with E-state index in [1.807, 2.05) is 51.4 Å². The Hall–Kier alpha value is -3.35. The number of guanidine groups is 1. The average molecular weight is 395 g/mol. The van der Waals surface area contributed by atoms with E-state index >= 15 is 0 Å². The third kappa shape index (κ3) is 5.34. The van der Waals surface area contributed by atoms with Gasteiger partial charge in [0.25, 0.3) is 0 Å². The predicted octanol–water partition coefficient (Wildman–Crippen LogP) is 3.72. The van der Waals surface area contributed by atoms with Gasteiger partial charge in [-0.2, -0.15) is 0 Å². The summed E-state index contributed by atoms with van der Waals surface area (Å²) in [6.45, 7) is 2.96. The summed E-state index contributed by atoms with van der Waals surface area (Å²) in [6.07, 6.45) is 1.63. The highest BCUT2D eigenvalue weighted by Crippen LogP contribution is 2.19. The molecule has 0 bridgehead atoms. The van der Waals surface area contributed by atoms with E-state index in [1.165, 1.54) is 11.6 Å². The number of aromatic nitrogens is 1. The van der Waals surface area contributed by atoms with Gasteiger partial charge in [-0.3, -0.25) is 4.99 Å². The third-order valence-corrected chi connectivity index (χ3v) is 4.46. The van der Waals surface area contributed by atoms with E-state index in [1.54, 1.807) is 24.3 Å². The number of anilines is 1. The van der Waals surface area contributed by atoms with Crippen LogP contribution in [0, 0.1) is 12.7 Å². The van der Waals surface area contributed by atoms with Gasteiger partial charge in [-0.1, -0.05) is 23.8 Å². The van der Waals surface area contributed by atoms with Crippen LogP contribution in [0.5, 0.6) is 0 Å². The van der Waals surface area contributed by atoms with Crippen LogP contribution in [0.15, 0.2) is 58.1 Å². The SMILES string of the molecule is CN=C(NCc1ccc(N(C)C)c(F)c1)NCc1coc(-c2ccc(C)cc2)n1. The average Bonchev–Trinajstić information content (AvgIpc) is 3.17. The molecular weight excluding hydrogens is 369 g/mol. The van der Waals surface area contributed by atoms with E-state index in [0.29, 0.717) is 30.6 Å². The van der Waals surface area contributed by atoms with Crippen LogP contribution in [0.4, 0.5) is 10.1 Å². The molecule has 0 unspecified atom stereocenters. The number of aryl methyl sites for hydroxylation is 1. The molecule has 7 heteroatoms. The van der Waals surface area contributed by atoms with Crippen LogP contribution >= 0.6 is 0 Å². The quantitative estimate of drug-likeness (QED) is 0.492. The van der Waals surface area contributed by atoms with Crippen molar-refractivity contribution < 1.29 is 8.81 Å². The monoisotopic (exact) mass is 395 g/mol. The topological polar surface area (TPSA) is 65.7 Å². The molecule has 0 amide bonds. The fraction of sp³-hybridized carbons (Fsp3) is 0.273. The first-order valence-electron chi connectivity index (χ1n) is 9.38. The molecule has 2 N–H and O–H groups in total. The fourth-order valence-corrected chi connectivity index (χ4v) is 2.82. The summed E-state index contributed by atoms with van der Waals surface area (Å²) in [6, 6.07) is 13.2. The molecule has 0 spiro atoms. The molecule has 152 valence electrons. The van der Waals surface area contributed by atoms with Gasteiger partial charge in [0.15, 0.2) is 5.96 Å². The van der Waals surface area contributed by atoms with Crippen LogP contribution in [0.1, 0.15) is 16.8 Å². The van der Waals surface area contributed by atoms with Gasteiger partial charge in [-0.25, -0.2) is 9.37 Å². The van der Waals surface area contributed by atoms with Crippen LogP contribution in [0.3, 0.4) is 0 Å². The first kappa shape index (κ1) is 20.4. The van der Waals surface area contributed by atoms with Crippen molar-refractivity contribution in [3.05, 3.63) is 71.4 Å². The van der Waals surface area contributed by atoms with Crippen molar-refractivity contribution in [3.8, 4) is 11.5 Å². The maximum atomic E-state index is 14.1. The van der Waals surface area contributed by atoms with Gasteiger partial charge in [0.2, 0.25) is 5.89 Å². The highest BCUT2D eigenvalue weighted by Gasteiger charge is 2.08. The summed E-state index contributed by atoms with van der Waals surface area (Å²) >= 11 is 0. The van der Waals surface area contributed by atoms with Crippen LogP contribution in [0.25, 0.3) is 11.5 Å². The van der Waals surface area contributed by atoms with Gasteiger partial charge >= 0.3 is 0 Å². The van der Waals surface area contributed by atoms with Crippen LogP contribution in [0.2, 0.25) is 0 Å². The fourth-order valence-electron chi connectivity index (χ4n) is 2.82. The molecule has 3 rings (SSSR count). The number of hydrogen-bond donors (Lipinski definition) is 2. The maximum absolute atomic E-state index is 14.1. The predicted molar refractivity (Wildman–Crippen MR) is 114 cm³/mol. The largest absolute Gasteiger partial charge is 0.444 e. The minimum atomic E-state index is -0.247. The lowest BCUT2D eigenvalue weighted by Gasteiger charge is -2.15. The Bertz CT molecular complexity index is 979. The summed E-state index contributed by atoms with van der Waals surface area (Å²) in [7, 11) is 5.32. The normalized spacial score (nSPS) is 11.4. The molecule has 29 heavy (non-hydrogen) atoms. The van der Waals surface area contributed by atoms with Crippen molar-refractivity contribution in [1.82, 2.24) is 15.6 Å². The Balaban J connectivity index is 1.55. The molecule has 1 heterocycles. The van der Waals surface area contributed by atoms with Gasteiger partial charge in [0.1, 0.15) is 12.1 Å². The summed E-state index contributed by atoms with van der Waals surface area (Å²) in [5, 5.41) is 6.37. The first-order valence-corrected chi connectivity index (χ1v) is 9.38. The van der Waals surface area contributed by atoms with E-state index in [9.17, 15) is 4.39 Å². The van der Waals surface area contributed by atoms with E-state index in [4.69, 9.17) is 4.42 Å². The van der Waals surface area contributed by atoms with Crippen molar-refractivity contribution in [1.29, 1.82) is 0 Å². The smallest absolute Gasteiger partial charge is 0.226 e. The van der Waals surface area contributed by atoms with Crippen LogP contribution < -0.4 is 15.5 Å². The van der Waals surface area contributed by atoms with E-state index in [2.05, 4.69) is 20.6 Å². The first-order chi connectivity index (χ1) is 14.0. The van der Waals surface area contributed by atoms with Crippen molar-refractivity contribution >= 4 is 11.6 Å². The Morgan fingerprint density at radius 1 is 1.10 bits per heavy atom. The zero-order valence-corrected chi connectivity index (χ0v) is 17.2. The lowest BCUT2D eigenvalue weighted by molar-refractivity contribution is 0.572. The summed E-state index contributed by atoms with van der Waals surface area (Å²) in [4.78, 5) is 10.4. The van der Waals surface area contributed by atoms with Gasteiger partial charge in [-0.15, -0.1) is 0 Å². The zero-order chi connectivity index (χ0) is 20.8. The minimum absolute atomic E-state index is 0.247. The highest BCUT2D eigenvalue weighted by atomic mass is 19.1. The molecule has 0 aliphatic carbocycles. The zero-order valence-electron chi connectivity index (χ0n) is 17.2. The van der Waals surface area contributed by atoms with Crippen LogP contribution in [-0.2, 0) is 13.1 Å². The van der Waals surface area contributed by atoms with Crippen molar-refractivity contribution in [2.24, 2.45) is 4.99 Å². The van der Waals surface area contributed by atoms with E-state index < -0.39 is 0 Å². The lowest BCUT2D eigenvalue weighted by atomic mass is 10.1. The number of benzene rings is 2. The van der Waals surface area contributed by atoms with Crippen LogP contribution in [-0.4, -0.2) is 32.1 Å². The second kappa shape index (κ2) is 9.23. The number of halogens is 1. The molecule has 0 fully saturated rings. The van der Waals surface area contributed by atoms with Gasteiger partial charge < -0.3 is 20.0 Å². The molecule has 6 nitrogen and oxygen atoms in total. The van der Waals surface area contributed by atoms with Gasteiger partial charge in [0.05, 0.1) is 17.9 Å². The van der Waals surface area contributed by atoms with Gasteiger partial charge in [0, 0.05) is 33.3 Å². The summed E-state index contributed by atoms with van der Waals surface area (Å²) < 4.78 is 19.7. The third-order valence-electron chi connectivity index (χ3n) is 4.46. The minimum Gasteiger partial charge on any atom is -0.444 e. The molecule has 0 saturated heterocycles. The molecule has 3 aromatic rings. The molecule has 0 aliphatic rings. The Kier molecular flexibility index (Phi) is 6.49. The van der Waals surface area contributed by atoms with Crippen molar-refractivity contribution in [2.75, 3.05) is 26.0 Å². The summed E-state index contributed by atoms with van der Waals surface area (Å²) in [5.41, 5.74) is 4.29. The second-order valence-electron chi connectivity index (χ2n) is 6.97. The Morgan fingerprint density at radius 3 is 2.48 bits per heavy atom. The molecule has 0 radical (unpaired) electrons. The number of rotatable bonds is 6. The Labute approximate surface area is 170 Å². The van der Waals surface area contributed by atoms with E-state index in [0.717, 1.165) is 16.8 Å². The molecule has 1 aromatic heterocycles. The Morgan fingerprint density at radius 2 is 1.83 bits per heavy atom. The number of hydrogen-bond acceptors (Lipinski definition) is 4.